The van der Waals surface area contributed by atoms with Gasteiger partial charge in [0, 0.05) is 105 Å². The largest absolute Gasteiger partial charge is 0.309 e. The lowest BCUT2D eigenvalue weighted by atomic mass is 9.86. The van der Waals surface area contributed by atoms with Crippen molar-refractivity contribution in [2.24, 2.45) is 0 Å². The van der Waals surface area contributed by atoms with Gasteiger partial charge in [0.1, 0.15) is 0 Å². The molecule has 0 atom stereocenters. The quantitative estimate of drug-likeness (QED) is 0.112. The molecule has 0 aliphatic heterocycles. The molecule has 0 N–H and O–H groups in total. The lowest BCUT2D eigenvalue weighted by Gasteiger charge is -2.35. The van der Waals surface area contributed by atoms with Crippen molar-refractivity contribution in [2.75, 3.05) is 19.6 Å². The Hall–Kier alpha value is -9.40. The van der Waals surface area contributed by atoms with Crippen molar-refractivity contribution in [2.45, 2.75) is 132 Å². The number of hydrogen-bond donors (Lipinski definition) is 0. The van der Waals surface area contributed by atoms with Gasteiger partial charge in [0.25, 0.3) is 0 Å². The van der Waals surface area contributed by atoms with Crippen molar-refractivity contribution in [3.8, 4) is 0 Å². The van der Waals surface area contributed by atoms with Crippen LogP contribution in [0.3, 0.4) is 0 Å². The number of pyridine rings is 4. The summed E-state index contributed by atoms with van der Waals surface area (Å²) in [7, 11) is 0. The molecule has 0 aliphatic carbocycles. The van der Waals surface area contributed by atoms with Crippen LogP contribution in [0.1, 0.15) is 128 Å². The van der Waals surface area contributed by atoms with E-state index in [1.165, 1.54) is 22.3 Å². The van der Waals surface area contributed by atoms with E-state index in [2.05, 4.69) is 308 Å². The van der Waals surface area contributed by atoms with Gasteiger partial charge in [-0.3, -0.25) is 19.9 Å². The van der Waals surface area contributed by atoms with Crippen LogP contribution in [0.4, 0.5) is 68.2 Å². The summed E-state index contributed by atoms with van der Waals surface area (Å²) in [5, 5.41) is 6.70. The summed E-state index contributed by atoms with van der Waals surface area (Å²) in [6, 6.07) is 59.8. The SMILES string of the molecule is Cc1cnccc1N(c1ccc(C(C)(C)C)cc1)c1cc(N(c2ccc(C(C)(C)C)cc2)c2ccncc2C)c2ccc3c(N(c4ccc(C(C)(C)C)cc4)c4ccncc4C)cc(N(c4ccc(C(C)(C)C)cc4)c4ccncc4C)c4ccc1c2c43. The van der Waals surface area contributed by atoms with Gasteiger partial charge >= 0.3 is 0 Å². The molecular weight excluding hydrogens is 1070 g/mol. The highest BCUT2D eigenvalue weighted by Crippen LogP contribution is 2.56. The van der Waals surface area contributed by atoms with Crippen LogP contribution < -0.4 is 19.6 Å². The average Bonchev–Trinajstić information content (AvgIpc) is 0.705. The molecule has 4 aromatic heterocycles. The molecule has 0 amide bonds. The highest BCUT2D eigenvalue weighted by Gasteiger charge is 2.31. The normalized spacial score (nSPS) is 12.3. The molecule has 8 nitrogen and oxygen atoms in total. The topological polar surface area (TPSA) is 64.5 Å². The standard InChI is InChI=1S/C80H82N8/c1-51-47-81-41-37-67(51)85(59-25-17-55(18-26-59)77(5,6)7)71-45-72(86(68-38-42-82-48-52(68)2)60-27-19-56(20-28-60)78(8,9)10)64-35-36-66-74(88(70-40-44-84-50-54(70)4)62-31-23-58(24-32-62)80(14,15)16)46-73(65-34-33-63(71)75(64)76(65)66)87(69-39-43-83-49-53(69)3)61-29-21-57(22-30-61)79(11,12)13/h17-50H,1-16H3. The lowest BCUT2D eigenvalue weighted by Crippen LogP contribution is -2.18. The van der Waals surface area contributed by atoms with Gasteiger partial charge in [-0.1, -0.05) is 156 Å². The van der Waals surface area contributed by atoms with Crippen molar-refractivity contribution < 1.29 is 0 Å². The maximum absolute atomic E-state index is 4.69. The molecule has 0 fully saturated rings. The molecule has 0 aliphatic rings. The van der Waals surface area contributed by atoms with Gasteiger partial charge in [-0.2, -0.15) is 0 Å². The maximum Gasteiger partial charge on any atom is 0.0561 e. The number of aryl methyl sites for hydroxylation is 4. The molecule has 0 bridgehead atoms. The predicted molar refractivity (Wildman–Crippen MR) is 374 cm³/mol. The second-order valence-corrected chi connectivity index (χ2v) is 28.1. The first kappa shape index (κ1) is 59.0. The van der Waals surface area contributed by atoms with Crippen LogP contribution in [0.25, 0.3) is 32.3 Å². The molecule has 8 aromatic carbocycles. The Balaban J connectivity index is 1.30. The van der Waals surface area contributed by atoms with Gasteiger partial charge in [0.05, 0.1) is 45.5 Å². The molecule has 0 saturated carbocycles. The molecule has 4 heterocycles. The molecule has 0 spiro atoms. The Morgan fingerprint density at radius 3 is 0.602 bits per heavy atom. The minimum Gasteiger partial charge on any atom is -0.309 e. The first-order valence-electron chi connectivity index (χ1n) is 30.9. The van der Waals surface area contributed by atoms with Gasteiger partial charge in [0.2, 0.25) is 0 Å². The Morgan fingerprint density at radius 1 is 0.239 bits per heavy atom. The third-order valence-corrected chi connectivity index (χ3v) is 17.7. The minimum absolute atomic E-state index is 0.0500. The summed E-state index contributed by atoms with van der Waals surface area (Å²) in [4.78, 5) is 28.6. The fraction of sp³-hybridized carbons (Fsp3) is 0.250. The van der Waals surface area contributed by atoms with Crippen LogP contribution in [0.2, 0.25) is 0 Å². The number of hydrogen-bond acceptors (Lipinski definition) is 8. The van der Waals surface area contributed by atoms with Crippen molar-refractivity contribution in [3.63, 3.8) is 0 Å². The summed E-state index contributed by atoms with van der Waals surface area (Å²) < 4.78 is 0. The van der Waals surface area contributed by atoms with Crippen LogP contribution in [0.5, 0.6) is 0 Å². The molecule has 88 heavy (non-hydrogen) atoms. The maximum atomic E-state index is 4.69. The highest BCUT2D eigenvalue weighted by molar-refractivity contribution is 6.33. The zero-order valence-electron chi connectivity index (χ0n) is 54.2. The average molecular weight is 1160 g/mol. The van der Waals surface area contributed by atoms with E-state index in [-0.39, 0.29) is 21.7 Å². The van der Waals surface area contributed by atoms with Gasteiger partial charge < -0.3 is 19.6 Å². The van der Waals surface area contributed by atoms with Crippen LogP contribution in [-0.4, -0.2) is 19.9 Å². The predicted octanol–water partition coefficient (Wildman–Crippen LogP) is 22.5. The van der Waals surface area contributed by atoms with Crippen LogP contribution in [0, 0.1) is 27.7 Å². The Kier molecular flexibility index (Phi) is 15.0. The monoisotopic (exact) mass is 1150 g/mol. The molecule has 12 rings (SSSR count). The molecule has 442 valence electrons. The Morgan fingerprint density at radius 2 is 0.432 bits per heavy atom. The van der Waals surface area contributed by atoms with Crippen LogP contribution in [0.15, 0.2) is 207 Å². The number of aromatic nitrogens is 4. The summed E-state index contributed by atoms with van der Waals surface area (Å²) in [6.45, 7) is 36.0. The van der Waals surface area contributed by atoms with E-state index in [0.29, 0.717) is 0 Å². The van der Waals surface area contributed by atoms with E-state index in [0.717, 1.165) is 123 Å². The molecule has 12 aromatic rings. The molecule has 0 unspecified atom stereocenters. The summed E-state index contributed by atoms with van der Waals surface area (Å²) >= 11 is 0. The second kappa shape index (κ2) is 22.4. The van der Waals surface area contributed by atoms with Crippen molar-refractivity contribution in [1.82, 2.24) is 19.9 Å². The zero-order valence-corrected chi connectivity index (χ0v) is 54.2. The molecular formula is C80H82N8. The third-order valence-electron chi connectivity index (χ3n) is 17.7. The van der Waals surface area contributed by atoms with Crippen molar-refractivity contribution in [3.05, 3.63) is 252 Å². The number of anilines is 12. The first-order valence-corrected chi connectivity index (χ1v) is 30.9. The fourth-order valence-corrected chi connectivity index (χ4v) is 12.6. The number of benzene rings is 8. The van der Waals surface area contributed by atoms with Gasteiger partial charge in [-0.15, -0.1) is 0 Å². The van der Waals surface area contributed by atoms with Gasteiger partial charge in [-0.25, -0.2) is 0 Å². The van der Waals surface area contributed by atoms with Gasteiger partial charge in [0.15, 0.2) is 0 Å². The summed E-state index contributed by atoms with van der Waals surface area (Å²) in [5.41, 5.74) is 21.5. The van der Waals surface area contributed by atoms with Crippen molar-refractivity contribution >= 4 is 101 Å². The Labute approximate surface area is 521 Å². The van der Waals surface area contributed by atoms with Crippen molar-refractivity contribution in [1.29, 1.82) is 0 Å². The number of rotatable bonds is 12. The molecule has 0 radical (unpaired) electrons. The lowest BCUT2D eigenvalue weighted by molar-refractivity contribution is 0.590. The van der Waals surface area contributed by atoms with E-state index >= 15 is 0 Å². The van der Waals surface area contributed by atoms with E-state index < -0.39 is 0 Å². The summed E-state index contributed by atoms with van der Waals surface area (Å²) in [5.74, 6) is 0. The van der Waals surface area contributed by atoms with E-state index in [1.54, 1.807) is 0 Å². The smallest absolute Gasteiger partial charge is 0.0561 e. The van der Waals surface area contributed by atoms with E-state index in [9.17, 15) is 0 Å². The fourth-order valence-electron chi connectivity index (χ4n) is 12.6. The summed E-state index contributed by atoms with van der Waals surface area (Å²) in [6.07, 6.45) is 15.6. The molecule has 8 heteroatoms. The molecule has 0 saturated heterocycles. The van der Waals surface area contributed by atoms with Crippen LogP contribution >= 0.6 is 0 Å². The van der Waals surface area contributed by atoms with E-state index in [4.69, 9.17) is 0 Å². The van der Waals surface area contributed by atoms with Crippen LogP contribution in [-0.2, 0) is 21.7 Å². The zero-order chi connectivity index (χ0) is 62.2. The first-order chi connectivity index (χ1) is 41.9. The second-order valence-electron chi connectivity index (χ2n) is 28.1. The highest BCUT2D eigenvalue weighted by atomic mass is 15.2. The minimum atomic E-state index is -0.0500. The van der Waals surface area contributed by atoms with Gasteiger partial charge in [-0.05, 0) is 179 Å². The van der Waals surface area contributed by atoms with E-state index in [1.807, 2.05) is 49.6 Å². The third kappa shape index (κ3) is 10.9. The Bertz CT molecular complexity index is 3940. The number of nitrogens with zero attached hydrogens (tertiary/aromatic N) is 8.